The van der Waals surface area contributed by atoms with Crippen molar-refractivity contribution in [3.63, 3.8) is 0 Å². The normalized spacial score (nSPS) is 13.1. The van der Waals surface area contributed by atoms with Gasteiger partial charge in [-0.3, -0.25) is 0 Å². The molecule has 2 aromatic rings. The Bertz CT molecular complexity index is 578. The van der Waals surface area contributed by atoms with Crippen LogP contribution in [0.2, 0.25) is 0 Å². The predicted molar refractivity (Wildman–Crippen MR) is 99.9 cm³/mol. The second kappa shape index (κ2) is 7.73. The number of hydrogen-bond donors (Lipinski definition) is 1. The Morgan fingerprint density at radius 3 is 1.83 bits per heavy atom. The van der Waals surface area contributed by atoms with E-state index in [4.69, 9.17) is 4.43 Å². The Morgan fingerprint density at radius 1 is 1.00 bits per heavy atom. The molecule has 0 saturated carbocycles. The Balaban J connectivity index is 2.15. The lowest BCUT2D eigenvalue weighted by atomic mass is 9.84. The van der Waals surface area contributed by atoms with Crippen LogP contribution in [0.5, 0.6) is 0 Å². The number of benzene rings is 2. The van der Waals surface area contributed by atoms with E-state index >= 15 is 0 Å². The summed E-state index contributed by atoms with van der Waals surface area (Å²) < 4.78 is 6.22. The zero-order chi connectivity index (χ0) is 16.9. The summed E-state index contributed by atoms with van der Waals surface area (Å²) >= 11 is 0. The Hall–Kier alpha value is -1.68. The number of aliphatic hydroxyl groups is 1. The summed E-state index contributed by atoms with van der Waals surface area (Å²) in [6.07, 6.45) is -0.641. The lowest BCUT2D eigenvalue weighted by Crippen LogP contribution is -2.46. The van der Waals surface area contributed by atoms with Crippen molar-refractivity contribution in [1.82, 2.24) is 0 Å². The van der Waals surface area contributed by atoms with E-state index in [9.17, 15) is 5.11 Å². The molecule has 23 heavy (non-hydrogen) atoms. The van der Waals surface area contributed by atoms with Gasteiger partial charge in [-0.25, -0.2) is 0 Å². The maximum absolute atomic E-state index is 10.4. The number of aliphatic hydroxyl groups excluding tert-OH is 1. The van der Waals surface area contributed by atoms with Gasteiger partial charge in [-0.05, 0) is 21.4 Å². The van der Waals surface area contributed by atoms with E-state index < -0.39 is 15.1 Å². The zero-order valence-electron chi connectivity index (χ0n) is 14.2. The molecule has 1 atom stereocenters. The fraction of sp³-hybridized carbons (Fsp3) is 0.300. The van der Waals surface area contributed by atoms with Crippen LogP contribution >= 0.6 is 0 Å². The first kappa shape index (κ1) is 17.7. The molecular weight excluding hydrogens is 300 g/mol. The van der Waals surface area contributed by atoms with Crippen LogP contribution in [0.3, 0.4) is 0 Å². The monoisotopic (exact) mass is 326 g/mol. The highest BCUT2D eigenvalue weighted by molar-refractivity contribution is 6.80. The van der Waals surface area contributed by atoms with Crippen LogP contribution in [-0.4, -0.2) is 26.9 Å². The quantitative estimate of drug-likeness (QED) is 0.653. The molecule has 3 heteroatoms. The van der Waals surface area contributed by atoms with Gasteiger partial charge in [0, 0.05) is 0 Å². The average Bonchev–Trinajstić information content (AvgIpc) is 2.55. The topological polar surface area (TPSA) is 29.5 Å². The minimum absolute atomic E-state index is 0.126. The summed E-state index contributed by atoms with van der Waals surface area (Å²) in [6, 6.07) is 20.6. The molecule has 0 fully saturated rings. The van der Waals surface area contributed by atoms with Crippen molar-refractivity contribution >= 4 is 19.4 Å². The SMILES string of the molecule is C=C(C(O)CO[SiH](c1ccccc1)c1ccccc1)C(C)(C)C. The third-order valence-electron chi connectivity index (χ3n) is 3.99. The van der Waals surface area contributed by atoms with Crippen molar-refractivity contribution in [2.75, 3.05) is 6.61 Å². The number of rotatable bonds is 6. The third-order valence-corrected chi connectivity index (χ3v) is 6.50. The molecule has 2 aromatic carbocycles. The summed E-state index contributed by atoms with van der Waals surface area (Å²) in [5.74, 6) is 0. The fourth-order valence-corrected chi connectivity index (χ4v) is 4.72. The second-order valence-corrected chi connectivity index (χ2v) is 9.25. The van der Waals surface area contributed by atoms with Crippen molar-refractivity contribution in [3.8, 4) is 0 Å². The van der Waals surface area contributed by atoms with Gasteiger partial charge in [-0.15, -0.1) is 0 Å². The molecule has 122 valence electrons. The van der Waals surface area contributed by atoms with Gasteiger partial charge < -0.3 is 9.53 Å². The van der Waals surface area contributed by atoms with Crippen LogP contribution in [0.15, 0.2) is 72.8 Å². The van der Waals surface area contributed by atoms with Crippen molar-refractivity contribution in [2.24, 2.45) is 5.41 Å². The van der Waals surface area contributed by atoms with Crippen LogP contribution in [-0.2, 0) is 4.43 Å². The van der Waals surface area contributed by atoms with E-state index in [2.05, 4.69) is 51.6 Å². The van der Waals surface area contributed by atoms with E-state index in [1.807, 2.05) is 36.4 Å². The molecule has 1 N–H and O–H groups in total. The molecular formula is C20H26O2Si. The predicted octanol–water partition coefficient (Wildman–Crippen LogP) is 2.50. The lowest BCUT2D eigenvalue weighted by Gasteiger charge is -2.27. The molecule has 0 bridgehead atoms. The lowest BCUT2D eigenvalue weighted by molar-refractivity contribution is 0.121. The highest BCUT2D eigenvalue weighted by Gasteiger charge is 2.24. The number of hydrogen-bond acceptors (Lipinski definition) is 2. The third kappa shape index (κ3) is 4.89. The van der Waals surface area contributed by atoms with Gasteiger partial charge in [0.2, 0.25) is 9.04 Å². The van der Waals surface area contributed by atoms with E-state index in [1.165, 1.54) is 10.4 Å². The molecule has 2 rings (SSSR count). The highest BCUT2D eigenvalue weighted by atomic mass is 28.3. The first-order chi connectivity index (χ1) is 10.9. The van der Waals surface area contributed by atoms with Crippen molar-refractivity contribution in [3.05, 3.63) is 72.8 Å². The largest absolute Gasteiger partial charge is 0.408 e. The van der Waals surface area contributed by atoms with Crippen LogP contribution < -0.4 is 10.4 Å². The van der Waals surface area contributed by atoms with Gasteiger partial charge in [0.25, 0.3) is 0 Å². The summed E-state index contributed by atoms with van der Waals surface area (Å²) in [5.41, 5.74) is 0.686. The van der Waals surface area contributed by atoms with Crippen LogP contribution in [0.1, 0.15) is 20.8 Å². The van der Waals surface area contributed by atoms with Crippen molar-refractivity contribution in [2.45, 2.75) is 26.9 Å². The van der Waals surface area contributed by atoms with Crippen LogP contribution in [0, 0.1) is 5.41 Å². The molecule has 0 aliphatic carbocycles. The van der Waals surface area contributed by atoms with Crippen molar-refractivity contribution in [1.29, 1.82) is 0 Å². The summed E-state index contributed by atoms with van der Waals surface area (Å²) in [6.45, 7) is 10.5. The second-order valence-electron chi connectivity index (χ2n) is 6.83. The first-order valence-electron chi connectivity index (χ1n) is 7.98. The summed E-state index contributed by atoms with van der Waals surface area (Å²) in [4.78, 5) is 0. The maximum Gasteiger partial charge on any atom is 0.240 e. The Morgan fingerprint density at radius 2 is 1.43 bits per heavy atom. The molecule has 0 aromatic heterocycles. The Kier molecular flexibility index (Phi) is 5.94. The van der Waals surface area contributed by atoms with E-state index in [1.54, 1.807) is 0 Å². The van der Waals surface area contributed by atoms with Gasteiger partial charge >= 0.3 is 0 Å². The first-order valence-corrected chi connectivity index (χ1v) is 9.61. The van der Waals surface area contributed by atoms with Crippen molar-refractivity contribution < 1.29 is 9.53 Å². The van der Waals surface area contributed by atoms with Gasteiger partial charge in [0.1, 0.15) is 0 Å². The molecule has 0 saturated heterocycles. The summed E-state index contributed by atoms with van der Waals surface area (Å²) in [7, 11) is -1.80. The molecule has 0 amide bonds. The van der Waals surface area contributed by atoms with E-state index in [0.717, 1.165) is 5.57 Å². The molecule has 0 radical (unpaired) electrons. The molecule has 1 unspecified atom stereocenters. The van der Waals surface area contributed by atoms with Gasteiger partial charge in [0.15, 0.2) is 0 Å². The van der Waals surface area contributed by atoms with E-state index in [0.29, 0.717) is 0 Å². The minimum Gasteiger partial charge on any atom is -0.408 e. The van der Waals surface area contributed by atoms with E-state index in [-0.39, 0.29) is 12.0 Å². The van der Waals surface area contributed by atoms with Gasteiger partial charge in [0.05, 0.1) is 12.7 Å². The molecule has 2 nitrogen and oxygen atoms in total. The van der Waals surface area contributed by atoms with Gasteiger partial charge in [-0.1, -0.05) is 88.0 Å². The maximum atomic E-state index is 10.4. The molecule has 0 heterocycles. The standard InChI is InChI=1S/C20H26O2Si/c1-16(20(2,3)4)19(21)15-22-23(17-11-7-5-8-12-17)18-13-9-6-10-14-18/h5-14,19,21,23H,1,15H2,2-4H3. The minimum atomic E-state index is -1.80. The molecule has 0 spiro atoms. The average molecular weight is 327 g/mol. The smallest absolute Gasteiger partial charge is 0.240 e. The Labute approximate surface area is 141 Å². The molecule has 0 aliphatic heterocycles. The van der Waals surface area contributed by atoms with Crippen LogP contribution in [0.4, 0.5) is 0 Å². The summed E-state index contributed by atoms with van der Waals surface area (Å²) in [5, 5.41) is 12.8. The molecule has 0 aliphatic rings. The van der Waals surface area contributed by atoms with Crippen LogP contribution in [0.25, 0.3) is 0 Å². The zero-order valence-corrected chi connectivity index (χ0v) is 15.4. The fourth-order valence-electron chi connectivity index (χ4n) is 2.43. The highest BCUT2D eigenvalue weighted by Crippen LogP contribution is 2.26. The van der Waals surface area contributed by atoms with Gasteiger partial charge in [-0.2, -0.15) is 0 Å².